The Morgan fingerprint density at radius 3 is 2.43 bits per heavy atom. The summed E-state index contributed by atoms with van der Waals surface area (Å²) in [5, 5.41) is 3.40. The Labute approximate surface area is 137 Å². The number of hydrogen-bond donors (Lipinski definition) is 1. The maximum Gasteiger partial charge on any atom is 0.124 e. The van der Waals surface area contributed by atoms with Gasteiger partial charge >= 0.3 is 0 Å². The van der Waals surface area contributed by atoms with E-state index in [2.05, 4.69) is 27.9 Å². The second-order valence-electron chi connectivity index (χ2n) is 5.05. The molecule has 0 aromatic heterocycles. The first-order chi connectivity index (χ1) is 10.0. The predicted octanol–water partition coefficient (Wildman–Crippen LogP) is 4.77. The molecule has 0 aliphatic carbocycles. The molecule has 0 heterocycles. The molecule has 0 spiro atoms. The highest BCUT2D eigenvalue weighted by atomic mass is 127. The smallest absolute Gasteiger partial charge is 0.124 e. The van der Waals surface area contributed by atoms with Crippen LogP contribution in [-0.4, -0.2) is 6.54 Å². The van der Waals surface area contributed by atoms with E-state index < -0.39 is 0 Å². The van der Waals surface area contributed by atoms with Crippen molar-refractivity contribution in [2.75, 3.05) is 6.54 Å². The second kappa shape index (κ2) is 7.31. The third-order valence-electron chi connectivity index (χ3n) is 3.52. The van der Waals surface area contributed by atoms with Crippen molar-refractivity contribution in [3.63, 3.8) is 0 Å². The van der Waals surface area contributed by atoms with Gasteiger partial charge in [-0.1, -0.05) is 19.1 Å². The summed E-state index contributed by atoms with van der Waals surface area (Å²) in [5.41, 5.74) is 3.08. The maximum absolute atomic E-state index is 13.4. The number of aryl methyl sites for hydroxylation is 1. The highest BCUT2D eigenvalue weighted by Crippen LogP contribution is 2.25. The van der Waals surface area contributed by atoms with Gasteiger partial charge < -0.3 is 5.32 Å². The van der Waals surface area contributed by atoms with Crippen LogP contribution in [0.2, 0.25) is 0 Å². The van der Waals surface area contributed by atoms with Gasteiger partial charge in [0.1, 0.15) is 11.6 Å². The first-order valence-electron chi connectivity index (χ1n) is 6.94. The summed E-state index contributed by atoms with van der Waals surface area (Å²) >= 11 is 2.14. The largest absolute Gasteiger partial charge is 0.310 e. The van der Waals surface area contributed by atoms with Crippen LogP contribution in [0.4, 0.5) is 8.78 Å². The van der Waals surface area contributed by atoms with E-state index in [1.165, 1.54) is 18.2 Å². The number of rotatable bonds is 5. The molecule has 1 atom stereocenters. The van der Waals surface area contributed by atoms with Crippen LogP contribution >= 0.6 is 22.6 Å². The fourth-order valence-electron chi connectivity index (χ4n) is 2.40. The summed E-state index contributed by atoms with van der Waals surface area (Å²) < 4.78 is 27.6. The molecule has 0 saturated heterocycles. The minimum absolute atomic E-state index is 0.0444. The van der Waals surface area contributed by atoms with Crippen LogP contribution in [0.3, 0.4) is 0 Å². The van der Waals surface area contributed by atoms with Crippen molar-refractivity contribution in [2.24, 2.45) is 0 Å². The molecule has 2 aromatic rings. The van der Waals surface area contributed by atoms with Crippen LogP contribution < -0.4 is 5.32 Å². The zero-order valence-corrected chi connectivity index (χ0v) is 14.2. The van der Waals surface area contributed by atoms with E-state index in [4.69, 9.17) is 0 Å². The summed E-state index contributed by atoms with van der Waals surface area (Å²) in [5.74, 6) is -0.458. The average Bonchev–Trinajstić information content (AvgIpc) is 2.42. The van der Waals surface area contributed by atoms with Gasteiger partial charge in [0.2, 0.25) is 0 Å². The molecule has 1 N–H and O–H groups in total. The van der Waals surface area contributed by atoms with Crippen molar-refractivity contribution in [3.05, 3.63) is 68.3 Å². The lowest BCUT2D eigenvalue weighted by Crippen LogP contribution is -2.24. The van der Waals surface area contributed by atoms with Crippen molar-refractivity contribution in [3.8, 4) is 0 Å². The molecule has 112 valence electrons. The summed E-state index contributed by atoms with van der Waals surface area (Å²) in [6.45, 7) is 4.81. The SMILES string of the molecule is CCNC(Cc1cc(F)ccc1C)c1ccc(F)cc1I. The molecule has 2 aromatic carbocycles. The Kier molecular flexibility index (Phi) is 5.70. The lowest BCUT2D eigenvalue weighted by molar-refractivity contribution is 0.541. The molecule has 0 saturated carbocycles. The number of likely N-dealkylation sites (N-methyl/N-ethyl adjacent to an activating group) is 1. The lowest BCUT2D eigenvalue weighted by atomic mass is 9.96. The standard InChI is InChI=1S/C17H18F2IN/c1-3-21-17(15-7-6-14(19)10-16(15)20)9-12-8-13(18)5-4-11(12)2/h4-8,10,17,21H,3,9H2,1-2H3. The van der Waals surface area contributed by atoms with Crippen molar-refractivity contribution < 1.29 is 8.78 Å². The van der Waals surface area contributed by atoms with Crippen molar-refractivity contribution in [2.45, 2.75) is 26.3 Å². The van der Waals surface area contributed by atoms with Crippen molar-refractivity contribution in [1.82, 2.24) is 5.32 Å². The van der Waals surface area contributed by atoms with Gasteiger partial charge in [-0.3, -0.25) is 0 Å². The zero-order valence-electron chi connectivity index (χ0n) is 12.1. The van der Waals surface area contributed by atoms with Crippen LogP contribution in [-0.2, 0) is 6.42 Å². The molecule has 0 fully saturated rings. The fraction of sp³-hybridized carbons (Fsp3) is 0.294. The van der Waals surface area contributed by atoms with Crippen LogP contribution in [0.15, 0.2) is 36.4 Å². The van der Waals surface area contributed by atoms with E-state index >= 15 is 0 Å². The van der Waals surface area contributed by atoms with Gasteiger partial charge in [-0.15, -0.1) is 0 Å². The van der Waals surface area contributed by atoms with Gasteiger partial charge in [0, 0.05) is 9.61 Å². The first-order valence-corrected chi connectivity index (χ1v) is 8.02. The van der Waals surface area contributed by atoms with Crippen molar-refractivity contribution >= 4 is 22.6 Å². The normalized spacial score (nSPS) is 12.4. The molecule has 0 bridgehead atoms. The van der Waals surface area contributed by atoms with Gasteiger partial charge in [0.15, 0.2) is 0 Å². The van der Waals surface area contributed by atoms with Gasteiger partial charge in [-0.2, -0.15) is 0 Å². The van der Waals surface area contributed by atoms with Crippen LogP contribution in [0, 0.1) is 22.1 Å². The summed E-state index contributed by atoms with van der Waals surface area (Å²) in [7, 11) is 0. The predicted molar refractivity (Wildman–Crippen MR) is 90.4 cm³/mol. The molecule has 0 aliphatic heterocycles. The third kappa shape index (κ3) is 4.23. The Hall–Kier alpha value is -1.01. The monoisotopic (exact) mass is 401 g/mol. The fourth-order valence-corrected chi connectivity index (χ4v) is 3.26. The van der Waals surface area contributed by atoms with Crippen LogP contribution in [0.25, 0.3) is 0 Å². The molecule has 1 unspecified atom stereocenters. The van der Waals surface area contributed by atoms with E-state index in [1.54, 1.807) is 18.2 Å². The summed E-state index contributed by atoms with van der Waals surface area (Å²) in [6.07, 6.45) is 0.680. The van der Waals surface area contributed by atoms with Gasteiger partial charge in [0.05, 0.1) is 0 Å². The highest BCUT2D eigenvalue weighted by molar-refractivity contribution is 14.1. The van der Waals surface area contributed by atoms with Gasteiger partial charge in [-0.25, -0.2) is 8.78 Å². The van der Waals surface area contributed by atoms with Crippen LogP contribution in [0.5, 0.6) is 0 Å². The molecular formula is C17H18F2IN. The Morgan fingerprint density at radius 1 is 1.10 bits per heavy atom. The Balaban J connectivity index is 2.32. The van der Waals surface area contributed by atoms with Crippen LogP contribution in [0.1, 0.15) is 29.7 Å². The summed E-state index contributed by atoms with van der Waals surface area (Å²) in [6, 6.07) is 9.70. The van der Waals surface area contributed by atoms with E-state index in [9.17, 15) is 8.78 Å². The Morgan fingerprint density at radius 2 is 1.76 bits per heavy atom. The second-order valence-corrected chi connectivity index (χ2v) is 6.21. The van der Waals surface area contributed by atoms with Crippen molar-refractivity contribution in [1.29, 1.82) is 0 Å². The number of benzene rings is 2. The van der Waals surface area contributed by atoms with Gasteiger partial charge in [-0.05, 0) is 83.4 Å². The van der Waals surface area contributed by atoms with E-state index in [0.717, 1.165) is 26.8 Å². The van der Waals surface area contributed by atoms with E-state index in [0.29, 0.717) is 6.42 Å². The molecule has 1 nitrogen and oxygen atoms in total. The van der Waals surface area contributed by atoms with Gasteiger partial charge in [0.25, 0.3) is 0 Å². The Bertz CT molecular complexity index is 628. The zero-order chi connectivity index (χ0) is 15.4. The summed E-state index contributed by atoms with van der Waals surface area (Å²) in [4.78, 5) is 0. The highest BCUT2D eigenvalue weighted by Gasteiger charge is 2.16. The topological polar surface area (TPSA) is 12.0 Å². The number of halogens is 3. The molecule has 4 heteroatoms. The lowest BCUT2D eigenvalue weighted by Gasteiger charge is -2.21. The molecule has 21 heavy (non-hydrogen) atoms. The molecular weight excluding hydrogens is 383 g/mol. The molecule has 0 aliphatic rings. The first kappa shape index (κ1) is 16.4. The third-order valence-corrected chi connectivity index (χ3v) is 4.46. The number of nitrogens with one attached hydrogen (secondary N) is 1. The molecule has 0 radical (unpaired) electrons. The maximum atomic E-state index is 13.4. The molecule has 2 rings (SSSR count). The number of hydrogen-bond acceptors (Lipinski definition) is 1. The quantitative estimate of drug-likeness (QED) is 0.712. The van der Waals surface area contributed by atoms with E-state index in [1.807, 2.05) is 13.8 Å². The average molecular weight is 401 g/mol. The van der Waals surface area contributed by atoms with E-state index in [-0.39, 0.29) is 17.7 Å². The minimum Gasteiger partial charge on any atom is -0.310 e. The minimum atomic E-state index is -0.236. The molecule has 0 amide bonds.